The average molecular weight is 420 g/mol. The highest BCUT2D eigenvalue weighted by Gasteiger charge is 2.15. The monoisotopic (exact) mass is 420 g/mol. The molecule has 8 nitrogen and oxygen atoms in total. The Hall–Kier alpha value is -3.18. The van der Waals surface area contributed by atoms with Crippen LogP contribution >= 0.6 is 0 Å². The Balaban J connectivity index is 1.45. The average Bonchev–Trinajstić information content (AvgIpc) is 2.70. The molecule has 0 radical (unpaired) electrons. The summed E-state index contributed by atoms with van der Waals surface area (Å²) in [5, 5.41) is 14.0. The Morgan fingerprint density at radius 1 is 0.897 bits per heavy atom. The van der Waals surface area contributed by atoms with Gasteiger partial charge < -0.3 is 10.6 Å². The lowest BCUT2D eigenvalue weighted by Gasteiger charge is -2.09. The number of aromatic nitrogens is 3. The first kappa shape index (κ1) is 20.6. The van der Waals surface area contributed by atoms with Crippen LogP contribution < -0.4 is 15.4 Å². The fourth-order valence-electron chi connectivity index (χ4n) is 2.38. The highest BCUT2D eigenvalue weighted by molar-refractivity contribution is 7.88. The first-order chi connectivity index (χ1) is 13.9. The molecule has 1 aromatic carbocycles. The predicted octanol–water partition coefficient (Wildman–Crippen LogP) is 2.42. The molecule has 0 amide bonds. The Labute approximate surface area is 166 Å². The molecule has 3 N–H and O–H groups in total. The number of nitrogens with zero attached hydrogens (tertiary/aromatic N) is 3. The van der Waals surface area contributed by atoms with Crippen molar-refractivity contribution >= 4 is 27.3 Å². The molecule has 0 aliphatic carbocycles. The van der Waals surface area contributed by atoms with Crippen molar-refractivity contribution in [2.75, 3.05) is 23.7 Å². The van der Waals surface area contributed by atoms with Gasteiger partial charge in [-0.15, -0.1) is 10.2 Å². The van der Waals surface area contributed by atoms with Crippen molar-refractivity contribution in [1.82, 2.24) is 19.9 Å². The molecule has 0 bridgehead atoms. The lowest BCUT2D eigenvalue weighted by atomic mass is 10.2. The van der Waals surface area contributed by atoms with E-state index in [-0.39, 0.29) is 18.7 Å². The summed E-state index contributed by atoms with van der Waals surface area (Å²) in [5.41, 5.74) is 0.591. The van der Waals surface area contributed by atoms with Gasteiger partial charge in [0.15, 0.2) is 5.82 Å². The standard InChI is InChI=1S/C18H18F2N6O2S/c19-14-1-2-16(20)13(11-14)12-29(27,28)23-10-9-22-17-3-4-18(26-25-17)24-15-5-7-21-8-6-15/h1-8,11,23H,9-10,12H2,(H,22,25)(H,21,24,26). The third-order valence-corrected chi connectivity index (χ3v) is 5.06. The molecule has 0 saturated heterocycles. The molecule has 0 aliphatic rings. The summed E-state index contributed by atoms with van der Waals surface area (Å²) in [7, 11) is -3.82. The summed E-state index contributed by atoms with van der Waals surface area (Å²) < 4.78 is 53.1. The Morgan fingerprint density at radius 3 is 2.34 bits per heavy atom. The molecule has 3 aromatic rings. The number of hydrogen-bond donors (Lipinski definition) is 3. The first-order valence-electron chi connectivity index (χ1n) is 8.57. The van der Waals surface area contributed by atoms with Crippen LogP contribution in [-0.2, 0) is 15.8 Å². The Morgan fingerprint density at radius 2 is 1.62 bits per heavy atom. The number of nitrogens with one attached hydrogen (secondary N) is 3. The van der Waals surface area contributed by atoms with Crippen molar-refractivity contribution in [3.05, 3.63) is 72.1 Å². The van der Waals surface area contributed by atoms with Crippen molar-refractivity contribution in [1.29, 1.82) is 0 Å². The van der Waals surface area contributed by atoms with Crippen molar-refractivity contribution in [2.45, 2.75) is 5.75 Å². The van der Waals surface area contributed by atoms with Gasteiger partial charge in [0.1, 0.15) is 17.5 Å². The Bertz CT molecular complexity index is 1050. The predicted molar refractivity (Wildman–Crippen MR) is 105 cm³/mol. The highest BCUT2D eigenvalue weighted by atomic mass is 32.2. The van der Waals surface area contributed by atoms with E-state index >= 15 is 0 Å². The molecule has 3 rings (SSSR count). The van der Waals surface area contributed by atoms with E-state index in [4.69, 9.17) is 0 Å². The quantitative estimate of drug-likeness (QED) is 0.456. The number of pyridine rings is 1. The first-order valence-corrected chi connectivity index (χ1v) is 10.2. The smallest absolute Gasteiger partial charge is 0.215 e. The normalized spacial score (nSPS) is 11.2. The molecule has 2 heterocycles. The zero-order chi connectivity index (χ0) is 20.7. The maximum Gasteiger partial charge on any atom is 0.215 e. The topological polar surface area (TPSA) is 109 Å². The van der Waals surface area contributed by atoms with Gasteiger partial charge >= 0.3 is 0 Å². The van der Waals surface area contributed by atoms with Gasteiger partial charge in [0.05, 0.1) is 5.75 Å². The number of rotatable bonds is 9. The molecule has 0 aliphatic heterocycles. The minimum absolute atomic E-state index is 0.0396. The minimum atomic E-state index is -3.82. The molecule has 152 valence electrons. The lowest BCUT2D eigenvalue weighted by molar-refractivity contribution is 0.571. The van der Waals surface area contributed by atoms with E-state index in [2.05, 4.69) is 30.5 Å². The maximum atomic E-state index is 13.6. The second-order valence-electron chi connectivity index (χ2n) is 5.98. The highest BCUT2D eigenvalue weighted by Crippen LogP contribution is 2.14. The number of sulfonamides is 1. The minimum Gasteiger partial charge on any atom is -0.367 e. The lowest BCUT2D eigenvalue weighted by Crippen LogP contribution is -2.30. The summed E-state index contributed by atoms with van der Waals surface area (Å²) in [4.78, 5) is 3.92. The molecule has 2 aromatic heterocycles. The van der Waals surface area contributed by atoms with Crippen molar-refractivity contribution in [3.8, 4) is 0 Å². The van der Waals surface area contributed by atoms with E-state index in [1.54, 1.807) is 36.7 Å². The number of halogens is 2. The number of benzene rings is 1. The summed E-state index contributed by atoms with van der Waals surface area (Å²) in [6.45, 7) is 0.272. The molecule has 0 unspecified atom stereocenters. The molecule has 0 saturated carbocycles. The summed E-state index contributed by atoms with van der Waals surface area (Å²) in [6.07, 6.45) is 3.30. The van der Waals surface area contributed by atoms with Gasteiger partial charge in [-0.1, -0.05) is 0 Å². The summed E-state index contributed by atoms with van der Waals surface area (Å²) in [5.74, 6) is -1.12. The second kappa shape index (κ2) is 9.34. The molecule has 0 atom stereocenters. The fraction of sp³-hybridized carbons (Fsp3) is 0.167. The summed E-state index contributed by atoms with van der Waals surface area (Å²) in [6, 6.07) is 9.67. The van der Waals surface area contributed by atoms with E-state index in [1.807, 2.05) is 0 Å². The summed E-state index contributed by atoms with van der Waals surface area (Å²) >= 11 is 0. The van der Waals surface area contributed by atoms with Crippen molar-refractivity contribution in [2.24, 2.45) is 0 Å². The number of anilines is 3. The van der Waals surface area contributed by atoms with Gasteiger partial charge in [-0.2, -0.15) is 0 Å². The molecule has 0 spiro atoms. The van der Waals surface area contributed by atoms with Crippen LogP contribution in [0.5, 0.6) is 0 Å². The van der Waals surface area contributed by atoms with Gasteiger partial charge in [0, 0.05) is 36.7 Å². The third-order valence-electron chi connectivity index (χ3n) is 3.72. The van der Waals surface area contributed by atoms with E-state index < -0.39 is 27.4 Å². The van der Waals surface area contributed by atoms with E-state index in [0.29, 0.717) is 11.6 Å². The molecule has 29 heavy (non-hydrogen) atoms. The zero-order valence-corrected chi connectivity index (χ0v) is 16.0. The van der Waals surface area contributed by atoms with Gasteiger partial charge in [0.25, 0.3) is 0 Å². The molecular weight excluding hydrogens is 402 g/mol. The zero-order valence-electron chi connectivity index (χ0n) is 15.1. The van der Waals surface area contributed by atoms with Gasteiger partial charge in [0.2, 0.25) is 10.0 Å². The van der Waals surface area contributed by atoms with Crippen LogP contribution in [0.25, 0.3) is 0 Å². The molecular formula is C18H18F2N6O2S. The van der Waals surface area contributed by atoms with Crippen LogP contribution in [0.3, 0.4) is 0 Å². The van der Waals surface area contributed by atoms with Crippen LogP contribution in [0.1, 0.15) is 5.56 Å². The van der Waals surface area contributed by atoms with Gasteiger partial charge in [-0.3, -0.25) is 4.98 Å². The van der Waals surface area contributed by atoms with E-state index in [0.717, 1.165) is 23.9 Å². The van der Waals surface area contributed by atoms with Gasteiger partial charge in [-0.25, -0.2) is 21.9 Å². The second-order valence-corrected chi connectivity index (χ2v) is 7.79. The molecule has 0 fully saturated rings. The Kier molecular flexibility index (Phi) is 6.62. The largest absolute Gasteiger partial charge is 0.367 e. The molecule has 11 heteroatoms. The maximum absolute atomic E-state index is 13.6. The number of hydrogen-bond acceptors (Lipinski definition) is 7. The van der Waals surface area contributed by atoms with E-state index in [9.17, 15) is 17.2 Å². The van der Waals surface area contributed by atoms with E-state index in [1.165, 1.54) is 0 Å². The van der Waals surface area contributed by atoms with Crippen LogP contribution in [0.4, 0.5) is 26.1 Å². The van der Waals surface area contributed by atoms with Gasteiger partial charge in [-0.05, 0) is 42.5 Å². The fourth-order valence-corrected chi connectivity index (χ4v) is 3.53. The third kappa shape index (κ3) is 6.43. The van der Waals surface area contributed by atoms with Crippen molar-refractivity contribution < 1.29 is 17.2 Å². The van der Waals surface area contributed by atoms with Crippen LogP contribution in [0.15, 0.2) is 54.9 Å². The van der Waals surface area contributed by atoms with Crippen LogP contribution in [0.2, 0.25) is 0 Å². The van der Waals surface area contributed by atoms with Crippen LogP contribution in [-0.4, -0.2) is 36.7 Å². The van der Waals surface area contributed by atoms with Crippen molar-refractivity contribution in [3.63, 3.8) is 0 Å². The SMILES string of the molecule is O=S(=O)(Cc1cc(F)ccc1F)NCCNc1ccc(Nc2ccncc2)nn1. The van der Waals surface area contributed by atoms with Crippen LogP contribution in [0, 0.1) is 11.6 Å².